The van der Waals surface area contributed by atoms with Gasteiger partial charge >= 0.3 is 0 Å². The Hall–Kier alpha value is -2.02. The van der Waals surface area contributed by atoms with E-state index >= 15 is 0 Å². The molecule has 1 atom stereocenters. The van der Waals surface area contributed by atoms with Crippen LogP contribution in [0.25, 0.3) is 9.88 Å². The molecule has 0 N–H and O–H groups in total. The van der Waals surface area contributed by atoms with E-state index in [4.69, 9.17) is 4.74 Å². The smallest absolute Gasteiger partial charge is 0.265 e. The summed E-state index contributed by atoms with van der Waals surface area (Å²) in [5, 5.41) is 2.93. The van der Waals surface area contributed by atoms with Crippen molar-refractivity contribution < 1.29 is 9.53 Å². The van der Waals surface area contributed by atoms with E-state index in [-0.39, 0.29) is 12.0 Å². The predicted octanol–water partition coefficient (Wildman–Crippen LogP) is 4.69. The molecule has 0 saturated carbocycles. The van der Waals surface area contributed by atoms with E-state index in [0.717, 1.165) is 34.9 Å². The molecule has 134 valence electrons. The maximum absolute atomic E-state index is 13.2. The number of thiophene rings is 1. The molecule has 3 heterocycles. The second-order valence-electron chi connectivity index (χ2n) is 6.31. The Kier molecular flexibility index (Phi) is 5.43. The summed E-state index contributed by atoms with van der Waals surface area (Å²) in [6.07, 6.45) is 3.92. The molecule has 0 spiro atoms. The van der Waals surface area contributed by atoms with Crippen molar-refractivity contribution in [2.45, 2.75) is 25.5 Å². The number of thiazole rings is 1. The molecule has 6 heteroatoms. The number of hydrogen-bond acceptors (Lipinski definition) is 5. The first-order valence-electron chi connectivity index (χ1n) is 8.74. The Balaban J connectivity index is 1.54. The number of carbonyl (C=O) groups excluding carboxylic acids is 1. The highest BCUT2D eigenvalue weighted by atomic mass is 32.1. The van der Waals surface area contributed by atoms with Crippen LogP contribution in [0.4, 0.5) is 0 Å². The molecule has 1 aromatic carbocycles. The van der Waals surface area contributed by atoms with Gasteiger partial charge < -0.3 is 9.64 Å². The number of benzene rings is 1. The summed E-state index contributed by atoms with van der Waals surface area (Å²) < 4.78 is 5.77. The number of ether oxygens (including phenoxy) is 1. The van der Waals surface area contributed by atoms with Crippen molar-refractivity contribution in [3.63, 3.8) is 0 Å². The van der Waals surface area contributed by atoms with Gasteiger partial charge in [0.05, 0.1) is 17.2 Å². The molecule has 4 rings (SSSR count). The fraction of sp³-hybridized carbons (Fsp3) is 0.300. The molecular formula is C20H20N2O2S2. The van der Waals surface area contributed by atoms with Crippen molar-refractivity contribution in [2.75, 3.05) is 13.2 Å². The Morgan fingerprint density at radius 3 is 2.85 bits per heavy atom. The maximum atomic E-state index is 13.2. The van der Waals surface area contributed by atoms with Crippen molar-refractivity contribution in [1.29, 1.82) is 0 Å². The lowest BCUT2D eigenvalue weighted by Crippen LogP contribution is -2.36. The van der Waals surface area contributed by atoms with Crippen LogP contribution in [0.15, 0.2) is 54.0 Å². The molecule has 1 unspecified atom stereocenters. The van der Waals surface area contributed by atoms with Gasteiger partial charge in [0, 0.05) is 19.7 Å². The van der Waals surface area contributed by atoms with Crippen molar-refractivity contribution in [1.82, 2.24) is 9.88 Å². The number of carbonyl (C=O) groups is 1. The summed E-state index contributed by atoms with van der Waals surface area (Å²) in [5.41, 5.74) is 1.13. The van der Waals surface area contributed by atoms with Gasteiger partial charge in [0.15, 0.2) is 0 Å². The summed E-state index contributed by atoms with van der Waals surface area (Å²) in [7, 11) is 0. The van der Waals surface area contributed by atoms with Gasteiger partial charge in [0.25, 0.3) is 5.91 Å². The average molecular weight is 385 g/mol. The van der Waals surface area contributed by atoms with E-state index in [2.05, 4.69) is 17.1 Å². The minimum absolute atomic E-state index is 0.0321. The maximum Gasteiger partial charge on any atom is 0.265 e. The highest BCUT2D eigenvalue weighted by Crippen LogP contribution is 2.30. The molecule has 1 aliphatic heterocycles. The van der Waals surface area contributed by atoms with Crippen LogP contribution in [0.1, 0.15) is 28.1 Å². The van der Waals surface area contributed by atoms with Crippen molar-refractivity contribution in [2.24, 2.45) is 0 Å². The van der Waals surface area contributed by atoms with Crippen LogP contribution in [0.2, 0.25) is 0 Å². The van der Waals surface area contributed by atoms with Crippen LogP contribution < -0.4 is 0 Å². The molecule has 4 nitrogen and oxygen atoms in total. The van der Waals surface area contributed by atoms with Gasteiger partial charge in [0.2, 0.25) is 0 Å². The second kappa shape index (κ2) is 8.12. The van der Waals surface area contributed by atoms with Gasteiger partial charge in [-0.15, -0.1) is 22.7 Å². The van der Waals surface area contributed by atoms with E-state index in [1.807, 2.05) is 40.6 Å². The zero-order valence-electron chi connectivity index (χ0n) is 14.3. The standard InChI is InChI=1S/C20H20N2O2S2/c23-20(18-12-21-19(26-18)17-9-5-11-25-17)22(14-16-8-4-10-24-16)13-15-6-2-1-3-7-15/h1-3,5-7,9,11-12,16H,4,8,10,13-14H2. The minimum atomic E-state index is 0.0321. The van der Waals surface area contributed by atoms with Crippen LogP contribution in [0.5, 0.6) is 0 Å². The first kappa shape index (κ1) is 17.4. The van der Waals surface area contributed by atoms with E-state index in [0.29, 0.717) is 18.0 Å². The molecule has 3 aromatic rings. The van der Waals surface area contributed by atoms with Gasteiger partial charge in [-0.3, -0.25) is 4.79 Å². The Morgan fingerprint density at radius 2 is 2.12 bits per heavy atom. The number of aromatic nitrogens is 1. The lowest BCUT2D eigenvalue weighted by atomic mass is 10.1. The summed E-state index contributed by atoms with van der Waals surface area (Å²) in [6.45, 7) is 2.01. The monoisotopic (exact) mass is 384 g/mol. The van der Waals surface area contributed by atoms with Crippen LogP contribution in [0, 0.1) is 0 Å². The fourth-order valence-corrected chi connectivity index (χ4v) is 4.79. The quantitative estimate of drug-likeness (QED) is 0.619. The largest absolute Gasteiger partial charge is 0.376 e. The molecular weight excluding hydrogens is 364 g/mol. The Bertz CT molecular complexity index is 840. The van der Waals surface area contributed by atoms with Gasteiger partial charge in [-0.25, -0.2) is 4.98 Å². The molecule has 2 aromatic heterocycles. The van der Waals surface area contributed by atoms with Gasteiger partial charge in [-0.1, -0.05) is 36.4 Å². The second-order valence-corrected chi connectivity index (χ2v) is 8.29. The normalized spacial score (nSPS) is 16.7. The third kappa shape index (κ3) is 4.03. The zero-order chi connectivity index (χ0) is 17.8. The molecule has 0 radical (unpaired) electrons. The lowest BCUT2D eigenvalue weighted by molar-refractivity contribution is 0.0511. The first-order chi connectivity index (χ1) is 12.8. The molecule has 1 amide bonds. The molecule has 1 saturated heterocycles. The van der Waals surface area contributed by atoms with Crippen LogP contribution >= 0.6 is 22.7 Å². The third-order valence-electron chi connectivity index (χ3n) is 4.40. The molecule has 0 bridgehead atoms. The van der Waals surface area contributed by atoms with Crippen molar-refractivity contribution in [3.8, 4) is 9.88 Å². The molecule has 1 aliphatic rings. The minimum Gasteiger partial charge on any atom is -0.376 e. The number of hydrogen-bond donors (Lipinski definition) is 0. The van der Waals surface area contributed by atoms with Crippen LogP contribution in [0.3, 0.4) is 0 Å². The number of rotatable bonds is 6. The van der Waals surface area contributed by atoms with Gasteiger partial charge in [-0.2, -0.15) is 0 Å². The predicted molar refractivity (Wildman–Crippen MR) is 106 cm³/mol. The van der Waals surface area contributed by atoms with E-state index in [9.17, 15) is 4.79 Å². The highest BCUT2D eigenvalue weighted by Gasteiger charge is 2.25. The zero-order valence-corrected chi connectivity index (χ0v) is 16.0. The summed E-state index contributed by atoms with van der Waals surface area (Å²) >= 11 is 3.10. The fourth-order valence-electron chi connectivity index (χ4n) is 3.10. The SMILES string of the molecule is O=C(c1cnc(-c2cccs2)s1)N(Cc1ccccc1)CC1CCCO1. The summed E-state index contributed by atoms with van der Waals surface area (Å²) in [5.74, 6) is 0.0321. The number of nitrogens with zero attached hydrogens (tertiary/aromatic N) is 2. The van der Waals surface area contributed by atoms with Crippen molar-refractivity contribution >= 4 is 28.6 Å². The summed E-state index contributed by atoms with van der Waals surface area (Å²) in [6, 6.07) is 14.1. The average Bonchev–Trinajstić information content (AvgIpc) is 3.42. The van der Waals surface area contributed by atoms with Gasteiger partial charge in [-0.05, 0) is 29.9 Å². The molecule has 1 fully saturated rings. The Morgan fingerprint density at radius 1 is 1.23 bits per heavy atom. The Labute approximate surface area is 161 Å². The first-order valence-corrected chi connectivity index (χ1v) is 10.4. The van der Waals surface area contributed by atoms with Crippen molar-refractivity contribution in [3.05, 3.63) is 64.5 Å². The van der Waals surface area contributed by atoms with Crippen LogP contribution in [-0.2, 0) is 11.3 Å². The van der Waals surface area contributed by atoms with Gasteiger partial charge in [0.1, 0.15) is 9.88 Å². The third-order valence-corrected chi connectivity index (χ3v) is 6.42. The van der Waals surface area contributed by atoms with E-state index in [1.165, 1.54) is 11.3 Å². The lowest BCUT2D eigenvalue weighted by Gasteiger charge is -2.25. The molecule has 0 aliphatic carbocycles. The topological polar surface area (TPSA) is 42.4 Å². The highest BCUT2D eigenvalue weighted by molar-refractivity contribution is 7.21. The number of amides is 1. The molecule has 26 heavy (non-hydrogen) atoms. The van der Waals surface area contributed by atoms with E-state index < -0.39 is 0 Å². The van der Waals surface area contributed by atoms with Crippen LogP contribution in [-0.4, -0.2) is 35.0 Å². The summed E-state index contributed by atoms with van der Waals surface area (Å²) in [4.78, 5) is 21.3. The van der Waals surface area contributed by atoms with E-state index in [1.54, 1.807) is 17.5 Å².